The molecular weight excluding hydrogens is 485 g/mol. The van der Waals surface area contributed by atoms with E-state index in [4.69, 9.17) is 10.5 Å². The number of halogens is 1. The van der Waals surface area contributed by atoms with Gasteiger partial charge in [0, 0.05) is 6.20 Å². The molecule has 5 N–H and O–H groups in total. The Kier molecular flexibility index (Phi) is 5.89. The fraction of sp³-hybridized carbons (Fsp3) is 0.316. The minimum Gasteiger partial charge on any atom is -0.387 e. The second-order valence-corrected chi connectivity index (χ2v) is 9.61. The molecule has 5 rings (SSSR count). The van der Waals surface area contributed by atoms with Crippen molar-refractivity contribution in [3.8, 4) is 0 Å². The molecule has 0 aliphatic carbocycles. The van der Waals surface area contributed by atoms with Crippen molar-refractivity contribution in [3.63, 3.8) is 0 Å². The monoisotopic (exact) mass is 505 g/mol. The van der Waals surface area contributed by atoms with E-state index >= 15 is 0 Å². The standard InChI is InChI=1S/C19H20FN9O5S/c20-10-1-3-12(4-2-10)35(32,33)25-5-11-6-28(27-26-11)7-13-15(30)16(31)19(34-13)29-9-24-14-17(21)22-8-23-18(14)29/h1-4,6,8-9,13,15-16,19,25,30-31H,5,7H2,(H2,21,22,23)/t13-,15-,16-,19-/m1/s1. The fourth-order valence-corrected chi connectivity index (χ4v) is 4.72. The molecule has 0 unspecified atom stereocenters. The van der Waals surface area contributed by atoms with E-state index in [1.807, 2.05) is 0 Å². The summed E-state index contributed by atoms with van der Waals surface area (Å²) in [6.07, 6.45) is -0.285. The van der Waals surface area contributed by atoms with Crippen LogP contribution in [0.1, 0.15) is 11.9 Å². The number of hydrogen-bond donors (Lipinski definition) is 4. The summed E-state index contributed by atoms with van der Waals surface area (Å²) in [5.41, 5.74) is 6.77. The van der Waals surface area contributed by atoms with Crippen molar-refractivity contribution < 1.29 is 27.8 Å². The Morgan fingerprint density at radius 3 is 2.69 bits per heavy atom. The van der Waals surface area contributed by atoms with E-state index in [0.29, 0.717) is 16.9 Å². The highest BCUT2D eigenvalue weighted by Crippen LogP contribution is 2.32. The van der Waals surface area contributed by atoms with Gasteiger partial charge in [0.1, 0.15) is 36.0 Å². The molecule has 1 aliphatic rings. The van der Waals surface area contributed by atoms with Crippen LogP contribution in [0.5, 0.6) is 0 Å². The second-order valence-electron chi connectivity index (χ2n) is 7.84. The molecule has 4 heterocycles. The Morgan fingerprint density at radius 1 is 1.14 bits per heavy atom. The minimum atomic E-state index is -3.88. The van der Waals surface area contributed by atoms with Gasteiger partial charge in [0.2, 0.25) is 10.0 Å². The van der Waals surface area contributed by atoms with Crippen molar-refractivity contribution in [3.05, 3.63) is 54.6 Å². The highest BCUT2D eigenvalue weighted by Gasteiger charge is 2.44. The van der Waals surface area contributed by atoms with E-state index in [1.54, 1.807) is 0 Å². The topological polar surface area (TPSA) is 196 Å². The van der Waals surface area contributed by atoms with Gasteiger partial charge >= 0.3 is 0 Å². The number of nitrogens with two attached hydrogens (primary N) is 1. The third kappa shape index (κ3) is 4.44. The lowest BCUT2D eigenvalue weighted by Crippen LogP contribution is -2.33. The van der Waals surface area contributed by atoms with Crippen LogP contribution in [0.25, 0.3) is 11.2 Å². The van der Waals surface area contributed by atoms with Crippen molar-refractivity contribution in [2.24, 2.45) is 0 Å². The largest absolute Gasteiger partial charge is 0.387 e. The predicted octanol–water partition coefficient (Wildman–Crippen LogP) is -1.06. The van der Waals surface area contributed by atoms with Gasteiger partial charge in [0.25, 0.3) is 0 Å². The predicted molar refractivity (Wildman–Crippen MR) is 116 cm³/mol. The number of anilines is 1. The van der Waals surface area contributed by atoms with Crippen molar-refractivity contribution >= 4 is 27.0 Å². The molecule has 3 aromatic heterocycles. The number of hydrogen-bond acceptors (Lipinski definition) is 11. The van der Waals surface area contributed by atoms with Gasteiger partial charge in [-0.2, -0.15) is 0 Å². The van der Waals surface area contributed by atoms with Crippen LogP contribution in [0, 0.1) is 5.82 Å². The molecule has 1 aliphatic heterocycles. The van der Waals surface area contributed by atoms with E-state index in [0.717, 1.165) is 24.3 Å². The normalized spacial score (nSPS) is 22.7. The van der Waals surface area contributed by atoms with Crippen LogP contribution in [-0.2, 0) is 27.8 Å². The molecule has 0 bridgehead atoms. The van der Waals surface area contributed by atoms with Gasteiger partial charge in [-0.3, -0.25) is 4.57 Å². The van der Waals surface area contributed by atoms with Crippen LogP contribution in [0.15, 0.2) is 48.0 Å². The Hall–Kier alpha value is -3.57. The Bertz CT molecular complexity index is 1460. The fourth-order valence-electron chi connectivity index (χ4n) is 3.73. The van der Waals surface area contributed by atoms with Crippen molar-refractivity contribution in [1.29, 1.82) is 0 Å². The molecule has 1 saturated heterocycles. The van der Waals surface area contributed by atoms with Crippen LogP contribution < -0.4 is 10.5 Å². The number of imidazole rings is 1. The zero-order valence-corrected chi connectivity index (χ0v) is 18.7. The van der Waals surface area contributed by atoms with E-state index in [2.05, 4.69) is 30.0 Å². The number of aromatic nitrogens is 7. The number of benzene rings is 1. The molecule has 4 atom stereocenters. The van der Waals surface area contributed by atoms with E-state index in [9.17, 15) is 23.0 Å². The van der Waals surface area contributed by atoms with Crippen LogP contribution in [0.2, 0.25) is 0 Å². The molecule has 184 valence electrons. The molecule has 0 spiro atoms. The quantitative estimate of drug-likeness (QED) is 0.239. The van der Waals surface area contributed by atoms with E-state index in [1.165, 1.54) is 28.1 Å². The molecule has 1 fully saturated rings. The molecule has 35 heavy (non-hydrogen) atoms. The molecule has 0 amide bonds. The lowest BCUT2D eigenvalue weighted by Gasteiger charge is -2.16. The maximum atomic E-state index is 13.0. The smallest absolute Gasteiger partial charge is 0.240 e. The maximum Gasteiger partial charge on any atom is 0.240 e. The number of sulfonamides is 1. The summed E-state index contributed by atoms with van der Waals surface area (Å²) < 4.78 is 48.8. The molecule has 0 saturated carbocycles. The highest BCUT2D eigenvalue weighted by molar-refractivity contribution is 7.89. The lowest BCUT2D eigenvalue weighted by atomic mass is 10.1. The highest BCUT2D eigenvalue weighted by atomic mass is 32.2. The molecule has 14 nitrogen and oxygen atoms in total. The van der Waals surface area contributed by atoms with Gasteiger partial charge in [0.15, 0.2) is 17.7 Å². The van der Waals surface area contributed by atoms with Crippen LogP contribution in [0.3, 0.4) is 0 Å². The Balaban J connectivity index is 1.25. The van der Waals surface area contributed by atoms with Gasteiger partial charge in [-0.25, -0.2) is 37.2 Å². The molecule has 16 heteroatoms. The van der Waals surface area contributed by atoms with Crippen molar-refractivity contribution in [2.45, 2.75) is 42.5 Å². The van der Waals surface area contributed by atoms with Gasteiger partial charge < -0.3 is 20.7 Å². The summed E-state index contributed by atoms with van der Waals surface area (Å²) in [6, 6.07) is 4.40. The summed E-state index contributed by atoms with van der Waals surface area (Å²) in [5.74, 6) is -0.377. The number of rotatable bonds is 7. The summed E-state index contributed by atoms with van der Waals surface area (Å²) in [7, 11) is -3.88. The zero-order valence-electron chi connectivity index (χ0n) is 17.9. The van der Waals surface area contributed by atoms with E-state index in [-0.39, 0.29) is 23.8 Å². The van der Waals surface area contributed by atoms with Crippen LogP contribution >= 0.6 is 0 Å². The van der Waals surface area contributed by atoms with Gasteiger partial charge in [-0.05, 0) is 24.3 Å². The summed E-state index contributed by atoms with van der Waals surface area (Å²) in [6.45, 7) is -0.141. The maximum absolute atomic E-state index is 13.0. The number of fused-ring (bicyclic) bond motifs is 1. The number of aliphatic hydroxyl groups is 2. The van der Waals surface area contributed by atoms with Gasteiger partial charge in [-0.1, -0.05) is 5.21 Å². The van der Waals surface area contributed by atoms with E-state index < -0.39 is 40.4 Å². The third-order valence-corrected chi connectivity index (χ3v) is 6.94. The number of nitrogens with zero attached hydrogens (tertiary/aromatic N) is 7. The van der Waals surface area contributed by atoms with Gasteiger partial charge in [0.05, 0.1) is 30.0 Å². The SMILES string of the molecule is Nc1ncnc2c1ncn2[C@@H]1O[C@H](Cn2cc(CNS(=O)(=O)c3ccc(F)cc3)nn2)[C@@H](O)[C@H]1O. The minimum absolute atomic E-state index is 0.0240. The zero-order chi connectivity index (χ0) is 24.7. The molecule has 0 radical (unpaired) electrons. The van der Waals surface area contributed by atoms with Gasteiger partial charge in [-0.15, -0.1) is 5.10 Å². The first-order valence-corrected chi connectivity index (χ1v) is 11.8. The average molecular weight is 505 g/mol. The number of ether oxygens (including phenoxy) is 1. The lowest BCUT2D eigenvalue weighted by molar-refractivity contribution is -0.0403. The second kappa shape index (κ2) is 8.90. The Morgan fingerprint density at radius 2 is 1.91 bits per heavy atom. The first-order chi connectivity index (χ1) is 16.7. The summed E-state index contributed by atoms with van der Waals surface area (Å²) >= 11 is 0. The van der Waals surface area contributed by atoms with Crippen molar-refractivity contribution in [1.82, 2.24) is 39.2 Å². The molecule has 1 aromatic carbocycles. The first-order valence-electron chi connectivity index (χ1n) is 10.3. The number of nitrogens with one attached hydrogen (secondary N) is 1. The van der Waals surface area contributed by atoms with Crippen molar-refractivity contribution in [2.75, 3.05) is 5.73 Å². The molecular formula is C19H20FN9O5S. The summed E-state index contributed by atoms with van der Waals surface area (Å²) in [5, 5.41) is 28.9. The summed E-state index contributed by atoms with van der Waals surface area (Å²) in [4.78, 5) is 12.0. The Labute approximate surface area is 197 Å². The first kappa shape index (κ1) is 23.2. The average Bonchev–Trinajstić information content (AvgIpc) is 3.53. The van der Waals surface area contributed by atoms with Crippen LogP contribution in [0.4, 0.5) is 10.2 Å². The molecule has 4 aromatic rings. The third-order valence-electron chi connectivity index (χ3n) is 5.52. The van der Waals surface area contributed by atoms with Crippen LogP contribution in [-0.4, -0.2) is 71.5 Å². The number of aliphatic hydroxyl groups excluding tert-OH is 2. The number of nitrogen functional groups attached to an aromatic ring is 1.